The second-order valence-corrected chi connectivity index (χ2v) is 5.96. The highest BCUT2D eigenvalue weighted by Crippen LogP contribution is 2.27. The van der Waals surface area contributed by atoms with Crippen LogP contribution in [0.1, 0.15) is 11.1 Å². The monoisotopic (exact) mass is 327 g/mol. The van der Waals surface area contributed by atoms with Gasteiger partial charge in [-0.1, -0.05) is 30.3 Å². The normalized spacial score (nSPS) is 16.5. The zero-order valence-corrected chi connectivity index (χ0v) is 14.0. The Morgan fingerprint density at radius 3 is 2.71 bits per heavy atom. The molecule has 4 nitrogen and oxygen atoms in total. The maximum atomic E-state index is 13.0. The van der Waals surface area contributed by atoms with Crippen molar-refractivity contribution in [1.29, 1.82) is 0 Å². The number of aliphatic imine (C=N–C) groups is 1. The second kappa shape index (κ2) is 7.34. The molecule has 0 amide bonds. The highest BCUT2D eigenvalue weighted by atomic mass is 19.1. The van der Waals surface area contributed by atoms with E-state index in [0.717, 1.165) is 23.7 Å². The minimum absolute atomic E-state index is 0.110. The summed E-state index contributed by atoms with van der Waals surface area (Å²) >= 11 is 0. The van der Waals surface area contributed by atoms with Crippen LogP contribution in [0.5, 0.6) is 5.75 Å². The van der Waals surface area contributed by atoms with Crippen LogP contribution in [0.4, 0.5) is 4.39 Å². The summed E-state index contributed by atoms with van der Waals surface area (Å²) in [6.07, 6.45) is 1.01. The number of hydrogen-bond donors (Lipinski definition) is 1. The van der Waals surface area contributed by atoms with Crippen LogP contribution in [0.3, 0.4) is 0 Å². The molecule has 1 N–H and O–H groups in total. The molecule has 24 heavy (non-hydrogen) atoms. The van der Waals surface area contributed by atoms with Gasteiger partial charge in [-0.25, -0.2) is 4.39 Å². The summed E-state index contributed by atoms with van der Waals surface area (Å²) in [7, 11) is 3.72. The lowest BCUT2D eigenvalue weighted by Gasteiger charge is -2.23. The van der Waals surface area contributed by atoms with Gasteiger partial charge in [-0.05, 0) is 29.3 Å². The van der Waals surface area contributed by atoms with Gasteiger partial charge in [0.1, 0.15) is 17.7 Å². The van der Waals surface area contributed by atoms with E-state index in [-0.39, 0.29) is 11.9 Å². The van der Waals surface area contributed by atoms with E-state index in [0.29, 0.717) is 13.1 Å². The van der Waals surface area contributed by atoms with Crippen molar-refractivity contribution in [2.24, 2.45) is 4.99 Å². The topological polar surface area (TPSA) is 36.9 Å². The number of nitrogens with one attached hydrogen (secondary N) is 1. The first kappa shape index (κ1) is 16.3. The summed E-state index contributed by atoms with van der Waals surface area (Å²) in [6.45, 7) is 1.35. The van der Waals surface area contributed by atoms with Crippen LogP contribution in [0.15, 0.2) is 53.5 Å². The van der Waals surface area contributed by atoms with Crippen LogP contribution in [0, 0.1) is 5.82 Å². The molecule has 0 aromatic heterocycles. The fraction of sp³-hybridized carbons (Fsp3) is 0.316. The molecule has 5 heteroatoms. The van der Waals surface area contributed by atoms with Gasteiger partial charge in [0.15, 0.2) is 5.96 Å². The van der Waals surface area contributed by atoms with E-state index in [1.54, 1.807) is 19.2 Å². The molecule has 1 atom stereocenters. The molecule has 2 aromatic rings. The largest absolute Gasteiger partial charge is 0.488 e. The maximum absolute atomic E-state index is 13.0. The molecule has 3 rings (SSSR count). The third kappa shape index (κ3) is 3.85. The van der Waals surface area contributed by atoms with Gasteiger partial charge in [0.25, 0.3) is 0 Å². The Hall–Kier alpha value is -2.56. The minimum atomic E-state index is -0.221. The first-order valence-electron chi connectivity index (χ1n) is 8.06. The van der Waals surface area contributed by atoms with Crippen molar-refractivity contribution in [2.75, 3.05) is 20.6 Å². The molecule has 0 bridgehead atoms. The average Bonchev–Trinajstić information content (AvgIpc) is 3.00. The summed E-state index contributed by atoms with van der Waals surface area (Å²) in [5.41, 5.74) is 2.28. The van der Waals surface area contributed by atoms with E-state index < -0.39 is 0 Å². The molecule has 0 spiro atoms. The number of fused-ring (bicyclic) bond motifs is 1. The molecule has 1 aliphatic rings. The van der Waals surface area contributed by atoms with Crippen molar-refractivity contribution in [3.05, 3.63) is 65.5 Å². The minimum Gasteiger partial charge on any atom is -0.488 e. The highest BCUT2D eigenvalue weighted by molar-refractivity contribution is 5.79. The summed E-state index contributed by atoms with van der Waals surface area (Å²) in [6, 6.07) is 14.7. The Bertz CT molecular complexity index is 690. The number of para-hydroxylation sites is 1. The van der Waals surface area contributed by atoms with Gasteiger partial charge in [-0.3, -0.25) is 4.99 Å². The van der Waals surface area contributed by atoms with Gasteiger partial charge >= 0.3 is 0 Å². The Kier molecular flexibility index (Phi) is 4.99. The quantitative estimate of drug-likeness (QED) is 0.693. The Labute approximate surface area is 142 Å². The fourth-order valence-electron chi connectivity index (χ4n) is 2.90. The van der Waals surface area contributed by atoms with E-state index in [1.807, 2.05) is 30.1 Å². The number of halogens is 1. The zero-order chi connectivity index (χ0) is 16.9. The fourth-order valence-corrected chi connectivity index (χ4v) is 2.90. The van der Waals surface area contributed by atoms with Crippen LogP contribution < -0.4 is 10.1 Å². The maximum Gasteiger partial charge on any atom is 0.193 e. The standard InChI is InChI=1S/C19H22FN3O/c1-21-19(23(2)13-14-7-9-16(20)10-8-14)22-12-17-11-15-5-3-4-6-18(15)24-17/h3-10,17H,11-13H2,1-2H3,(H,21,22). The Morgan fingerprint density at radius 2 is 2.00 bits per heavy atom. The first-order chi connectivity index (χ1) is 11.7. The molecule has 126 valence electrons. The zero-order valence-electron chi connectivity index (χ0n) is 14.0. The van der Waals surface area contributed by atoms with Crippen molar-refractivity contribution in [2.45, 2.75) is 19.1 Å². The number of benzene rings is 2. The number of ether oxygens (including phenoxy) is 1. The van der Waals surface area contributed by atoms with Crippen molar-refractivity contribution >= 4 is 5.96 Å². The molecule has 1 heterocycles. The van der Waals surface area contributed by atoms with Crippen LogP contribution in [0.2, 0.25) is 0 Å². The number of nitrogens with zero attached hydrogens (tertiary/aromatic N) is 2. The molecule has 2 aromatic carbocycles. The van der Waals surface area contributed by atoms with Crippen LogP contribution in [-0.4, -0.2) is 37.6 Å². The molecular formula is C19H22FN3O. The predicted octanol–water partition coefficient (Wildman–Crippen LogP) is 2.84. The van der Waals surface area contributed by atoms with Gasteiger partial charge in [0, 0.05) is 27.1 Å². The smallest absolute Gasteiger partial charge is 0.193 e. The molecule has 1 aliphatic heterocycles. The van der Waals surface area contributed by atoms with Crippen LogP contribution >= 0.6 is 0 Å². The van der Waals surface area contributed by atoms with Crippen LogP contribution in [0.25, 0.3) is 0 Å². The second-order valence-electron chi connectivity index (χ2n) is 5.96. The van der Waals surface area contributed by atoms with Crippen LogP contribution in [-0.2, 0) is 13.0 Å². The number of guanidine groups is 1. The van der Waals surface area contributed by atoms with Crippen molar-refractivity contribution in [3.8, 4) is 5.75 Å². The van der Waals surface area contributed by atoms with Gasteiger partial charge in [0.2, 0.25) is 0 Å². The number of rotatable bonds is 4. The predicted molar refractivity (Wildman–Crippen MR) is 93.8 cm³/mol. The highest BCUT2D eigenvalue weighted by Gasteiger charge is 2.22. The van der Waals surface area contributed by atoms with E-state index in [2.05, 4.69) is 16.4 Å². The van der Waals surface area contributed by atoms with Gasteiger partial charge in [-0.15, -0.1) is 0 Å². The van der Waals surface area contributed by atoms with Gasteiger partial charge in [0.05, 0.1) is 6.54 Å². The van der Waals surface area contributed by atoms with E-state index >= 15 is 0 Å². The molecule has 0 aliphatic carbocycles. The molecule has 0 radical (unpaired) electrons. The van der Waals surface area contributed by atoms with E-state index in [9.17, 15) is 4.39 Å². The lowest BCUT2D eigenvalue weighted by atomic mass is 10.1. The molecular weight excluding hydrogens is 305 g/mol. The summed E-state index contributed by atoms with van der Waals surface area (Å²) in [5, 5.41) is 3.35. The van der Waals surface area contributed by atoms with Crippen molar-refractivity contribution < 1.29 is 9.13 Å². The Morgan fingerprint density at radius 1 is 1.25 bits per heavy atom. The summed E-state index contributed by atoms with van der Waals surface area (Å²) in [4.78, 5) is 6.32. The van der Waals surface area contributed by atoms with Crippen molar-refractivity contribution in [1.82, 2.24) is 10.2 Å². The van der Waals surface area contributed by atoms with Crippen molar-refractivity contribution in [3.63, 3.8) is 0 Å². The van der Waals surface area contributed by atoms with E-state index in [4.69, 9.17) is 4.74 Å². The first-order valence-corrected chi connectivity index (χ1v) is 8.06. The lowest BCUT2D eigenvalue weighted by molar-refractivity contribution is 0.233. The molecule has 0 saturated carbocycles. The molecule has 1 unspecified atom stereocenters. The van der Waals surface area contributed by atoms with Gasteiger partial charge in [-0.2, -0.15) is 0 Å². The third-order valence-electron chi connectivity index (χ3n) is 4.11. The molecule has 0 saturated heterocycles. The molecule has 0 fully saturated rings. The Balaban J connectivity index is 1.53. The number of hydrogen-bond acceptors (Lipinski definition) is 2. The average molecular weight is 327 g/mol. The third-order valence-corrected chi connectivity index (χ3v) is 4.11. The summed E-state index contributed by atoms with van der Waals surface area (Å²) in [5.74, 6) is 1.54. The van der Waals surface area contributed by atoms with Gasteiger partial charge < -0.3 is 15.0 Å². The van der Waals surface area contributed by atoms with E-state index in [1.165, 1.54) is 17.7 Å². The lowest BCUT2D eigenvalue weighted by Crippen LogP contribution is -2.42. The SMILES string of the molecule is CN=C(NCC1Cc2ccccc2O1)N(C)Cc1ccc(F)cc1. The summed E-state index contributed by atoms with van der Waals surface area (Å²) < 4.78 is 18.9.